The topological polar surface area (TPSA) is 91.0 Å². The monoisotopic (exact) mass is 398 g/mol. The lowest BCUT2D eigenvalue weighted by atomic mass is 9.87. The molecular formula is C21H26N4O4. The fourth-order valence-electron chi connectivity index (χ4n) is 4.80. The predicted molar refractivity (Wildman–Crippen MR) is 104 cm³/mol. The van der Waals surface area contributed by atoms with Crippen LogP contribution in [0.3, 0.4) is 0 Å². The average Bonchev–Trinajstić information content (AvgIpc) is 3.01. The van der Waals surface area contributed by atoms with E-state index in [-0.39, 0.29) is 30.2 Å². The van der Waals surface area contributed by atoms with Crippen LogP contribution in [0.5, 0.6) is 5.75 Å². The summed E-state index contributed by atoms with van der Waals surface area (Å²) < 4.78 is 6.15. The summed E-state index contributed by atoms with van der Waals surface area (Å²) in [5.41, 5.74) is 1.50. The van der Waals surface area contributed by atoms with Gasteiger partial charge in [0.05, 0.1) is 0 Å². The van der Waals surface area contributed by atoms with Crippen molar-refractivity contribution in [2.45, 2.75) is 50.4 Å². The minimum atomic E-state index is -0.580. The van der Waals surface area contributed by atoms with Crippen LogP contribution in [0.1, 0.15) is 41.6 Å². The lowest BCUT2D eigenvalue weighted by molar-refractivity contribution is -0.136. The van der Waals surface area contributed by atoms with Gasteiger partial charge in [0.1, 0.15) is 17.9 Å². The maximum atomic E-state index is 12.8. The summed E-state index contributed by atoms with van der Waals surface area (Å²) in [6, 6.07) is 5.61. The summed E-state index contributed by atoms with van der Waals surface area (Å²) in [7, 11) is 0. The Balaban J connectivity index is 1.20. The van der Waals surface area contributed by atoms with Crippen molar-refractivity contribution in [3.63, 3.8) is 0 Å². The van der Waals surface area contributed by atoms with Crippen LogP contribution < -0.4 is 15.4 Å². The third kappa shape index (κ3) is 3.51. The molecule has 29 heavy (non-hydrogen) atoms. The van der Waals surface area contributed by atoms with Crippen molar-refractivity contribution in [2.24, 2.45) is 0 Å². The maximum Gasteiger partial charge on any atom is 0.255 e. The summed E-state index contributed by atoms with van der Waals surface area (Å²) in [6.45, 7) is 4.71. The Morgan fingerprint density at radius 1 is 1.07 bits per heavy atom. The molecule has 0 radical (unpaired) electrons. The number of amides is 3. The molecule has 5 rings (SSSR count). The molecule has 8 heteroatoms. The summed E-state index contributed by atoms with van der Waals surface area (Å²) >= 11 is 0. The summed E-state index contributed by atoms with van der Waals surface area (Å²) in [5, 5.41) is 5.72. The normalized spacial score (nSPS) is 30.0. The van der Waals surface area contributed by atoms with E-state index < -0.39 is 6.04 Å². The van der Waals surface area contributed by atoms with Crippen molar-refractivity contribution >= 4 is 17.7 Å². The van der Waals surface area contributed by atoms with Gasteiger partial charge in [0.25, 0.3) is 5.91 Å². The molecule has 3 heterocycles. The Bertz CT molecular complexity index is 845. The number of hydrogen-bond donors (Lipinski definition) is 2. The van der Waals surface area contributed by atoms with E-state index in [0.717, 1.165) is 50.3 Å². The van der Waals surface area contributed by atoms with E-state index in [2.05, 4.69) is 15.5 Å². The van der Waals surface area contributed by atoms with E-state index in [0.29, 0.717) is 24.6 Å². The SMILES string of the molecule is O=C1CCC(N2Cc3cc(O[C@H]4C[C@H](N5CCNCC5)C4)ccc3C2=O)C(=O)N1. The molecule has 154 valence electrons. The first-order valence-electron chi connectivity index (χ1n) is 10.5. The Labute approximate surface area is 169 Å². The number of carbonyl (C=O) groups excluding carboxylic acids is 3. The lowest BCUT2D eigenvalue weighted by Gasteiger charge is -2.44. The second-order valence-corrected chi connectivity index (χ2v) is 8.37. The van der Waals surface area contributed by atoms with Crippen LogP contribution in [-0.4, -0.2) is 71.9 Å². The van der Waals surface area contributed by atoms with Crippen LogP contribution in [0.2, 0.25) is 0 Å². The number of nitrogens with zero attached hydrogens (tertiary/aromatic N) is 2. The van der Waals surface area contributed by atoms with Gasteiger partial charge in [-0.3, -0.25) is 24.6 Å². The highest BCUT2D eigenvalue weighted by molar-refractivity contribution is 6.05. The number of benzene rings is 1. The number of piperidine rings is 1. The molecule has 1 aliphatic carbocycles. The highest BCUT2D eigenvalue weighted by Crippen LogP contribution is 2.33. The highest BCUT2D eigenvalue weighted by atomic mass is 16.5. The van der Waals surface area contributed by atoms with Gasteiger partial charge in [-0.05, 0) is 30.2 Å². The number of carbonyl (C=O) groups is 3. The number of ether oxygens (including phenoxy) is 1. The number of fused-ring (bicyclic) bond motifs is 1. The number of hydrogen-bond acceptors (Lipinski definition) is 6. The highest BCUT2D eigenvalue weighted by Gasteiger charge is 2.40. The van der Waals surface area contributed by atoms with Crippen LogP contribution in [0.15, 0.2) is 18.2 Å². The zero-order valence-corrected chi connectivity index (χ0v) is 16.4. The van der Waals surface area contributed by atoms with E-state index in [1.165, 1.54) is 0 Å². The van der Waals surface area contributed by atoms with Gasteiger partial charge in [-0.2, -0.15) is 0 Å². The van der Waals surface area contributed by atoms with Crippen LogP contribution in [0.4, 0.5) is 0 Å². The van der Waals surface area contributed by atoms with Gasteiger partial charge >= 0.3 is 0 Å². The molecule has 1 saturated carbocycles. The summed E-state index contributed by atoms with van der Waals surface area (Å²) in [5.74, 6) is -0.0214. The fraction of sp³-hybridized carbons (Fsp3) is 0.571. The number of imide groups is 1. The zero-order chi connectivity index (χ0) is 20.0. The Morgan fingerprint density at radius 3 is 2.62 bits per heavy atom. The van der Waals surface area contributed by atoms with Gasteiger partial charge in [-0.15, -0.1) is 0 Å². The molecule has 1 aromatic carbocycles. The minimum Gasteiger partial charge on any atom is -0.490 e. The molecule has 2 N–H and O–H groups in total. The van der Waals surface area contributed by atoms with Crippen LogP contribution >= 0.6 is 0 Å². The number of nitrogens with one attached hydrogen (secondary N) is 2. The van der Waals surface area contributed by atoms with Crippen LogP contribution in [0.25, 0.3) is 0 Å². The quantitative estimate of drug-likeness (QED) is 0.708. The molecule has 3 fully saturated rings. The van der Waals surface area contributed by atoms with Crippen molar-refractivity contribution in [1.82, 2.24) is 20.4 Å². The second-order valence-electron chi connectivity index (χ2n) is 8.37. The standard InChI is InChI=1S/C21H26N4O4/c26-19-4-3-18(20(27)23-19)25-12-13-9-15(1-2-17(13)21(25)28)29-16-10-14(11-16)24-7-5-22-6-8-24/h1-2,9,14,16,18,22H,3-8,10-12H2,(H,23,26,27)/t14-,16-,18?. The second kappa shape index (κ2) is 7.42. The van der Waals surface area contributed by atoms with Gasteiger partial charge in [0.15, 0.2) is 0 Å². The summed E-state index contributed by atoms with van der Waals surface area (Å²) in [4.78, 5) is 40.4. The van der Waals surface area contributed by atoms with Gasteiger partial charge in [-0.1, -0.05) is 0 Å². The molecule has 4 aliphatic rings. The van der Waals surface area contributed by atoms with Crippen molar-refractivity contribution in [1.29, 1.82) is 0 Å². The number of piperazine rings is 1. The molecule has 1 atom stereocenters. The molecule has 3 aliphatic heterocycles. The van der Waals surface area contributed by atoms with Crippen LogP contribution in [0, 0.1) is 0 Å². The fourth-order valence-corrected chi connectivity index (χ4v) is 4.80. The molecule has 0 aromatic heterocycles. The van der Waals surface area contributed by atoms with Crippen molar-refractivity contribution < 1.29 is 19.1 Å². The van der Waals surface area contributed by atoms with Crippen molar-refractivity contribution in [2.75, 3.05) is 26.2 Å². The van der Waals surface area contributed by atoms with Crippen molar-refractivity contribution in [3.05, 3.63) is 29.3 Å². The van der Waals surface area contributed by atoms with E-state index in [1.54, 1.807) is 11.0 Å². The smallest absolute Gasteiger partial charge is 0.255 e. The molecule has 2 saturated heterocycles. The van der Waals surface area contributed by atoms with E-state index in [9.17, 15) is 14.4 Å². The zero-order valence-electron chi connectivity index (χ0n) is 16.4. The largest absolute Gasteiger partial charge is 0.490 e. The van der Waals surface area contributed by atoms with Gasteiger partial charge in [0.2, 0.25) is 11.8 Å². The van der Waals surface area contributed by atoms with E-state index in [4.69, 9.17) is 4.74 Å². The minimum absolute atomic E-state index is 0.150. The average molecular weight is 398 g/mol. The lowest BCUT2D eigenvalue weighted by Crippen LogP contribution is -2.55. The molecular weight excluding hydrogens is 372 g/mol. The Hall–Kier alpha value is -2.45. The molecule has 0 spiro atoms. The summed E-state index contributed by atoms with van der Waals surface area (Å²) in [6.07, 6.45) is 2.94. The van der Waals surface area contributed by atoms with Gasteiger partial charge < -0.3 is 15.0 Å². The third-order valence-corrected chi connectivity index (χ3v) is 6.54. The Kier molecular flexibility index (Phi) is 4.75. The van der Waals surface area contributed by atoms with E-state index >= 15 is 0 Å². The number of rotatable bonds is 4. The molecule has 8 nitrogen and oxygen atoms in total. The molecule has 0 bridgehead atoms. The first-order chi connectivity index (χ1) is 14.1. The van der Waals surface area contributed by atoms with Gasteiger partial charge in [0, 0.05) is 63.6 Å². The molecule has 1 aromatic rings. The first-order valence-corrected chi connectivity index (χ1v) is 10.5. The maximum absolute atomic E-state index is 12.8. The first kappa shape index (κ1) is 18.6. The molecule has 3 amide bonds. The predicted octanol–water partition coefficient (Wildman–Crippen LogP) is 0.263. The van der Waals surface area contributed by atoms with E-state index in [1.807, 2.05) is 12.1 Å². The third-order valence-electron chi connectivity index (χ3n) is 6.54. The molecule has 1 unspecified atom stereocenters. The van der Waals surface area contributed by atoms with Crippen molar-refractivity contribution in [3.8, 4) is 5.75 Å². The van der Waals surface area contributed by atoms with Crippen LogP contribution in [-0.2, 0) is 16.1 Å². The Morgan fingerprint density at radius 2 is 1.86 bits per heavy atom. The van der Waals surface area contributed by atoms with Gasteiger partial charge in [-0.25, -0.2) is 0 Å².